The van der Waals surface area contributed by atoms with Crippen molar-refractivity contribution >= 4 is 38.6 Å². The van der Waals surface area contributed by atoms with Crippen LogP contribution in [-0.2, 0) is 25.7 Å². The molecule has 2 aromatic carbocycles. The van der Waals surface area contributed by atoms with Gasteiger partial charge in [-0.15, -0.1) is 0 Å². The number of esters is 1. The summed E-state index contributed by atoms with van der Waals surface area (Å²) in [5.74, 6) is -1.44. The lowest BCUT2D eigenvalue weighted by atomic mass is 10.1. The van der Waals surface area contributed by atoms with Crippen molar-refractivity contribution in [3.05, 3.63) is 71.3 Å². The number of nitrogens with one attached hydrogen (secondary N) is 1. The number of benzene rings is 2. The Morgan fingerprint density at radius 2 is 1.64 bits per heavy atom. The summed E-state index contributed by atoms with van der Waals surface area (Å²) in [6.45, 7) is 5.82. The molecule has 0 saturated heterocycles. The third kappa shape index (κ3) is 9.45. The topological polar surface area (TPSA) is 119 Å². The van der Waals surface area contributed by atoms with Gasteiger partial charge in [-0.25, -0.2) is 9.59 Å². The lowest BCUT2D eigenvalue weighted by Crippen LogP contribution is -2.51. The van der Waals surface area contributed by atoms with Crippen LogP contribution < -0.4 is 5.32 Å². The molecule has 0 aliphatic carbocycles. The van der Waals surface area contributed by atoms with E-state index in [2.05, 4.69) is 25.0 Å². The maximum atomic E-state index is 12.9. The molecule has 36 heavy (non-hydrogen) atoms. The molecule has 9 nitrogen and oxygen atoms in total. The smallest absolute Gasteiger partial charge is 0.410 e. The Bertz CT molecular complexity index is 1050. The van der Waals surface area contributed by atoms with Crippen LogP contribution in [0, 0.1) is 0 Å². The number of carbonyl (C=O) groups excluding carboxylic acids is 5. The zero-order valence-corrected chi connectivity index (χ0v) is 21.8. The fraction of sp³-hybridized carbons (Fsp3) is 0.346. The zero-order valence-electron chi connectivity index (χ0n) is 20.8. The molecule has 192 valence electrons. The van der Waals surface area contributed by atoms with E-state index in [1.165, 1.54) is 12.1 Å². The molecule has 0 fully saturated rings. The molecule has 0 aliphatic heterocycles. The van der Waals surface area contributed by atoms with Gasteiger partial charge in [0.25, 0.3) is 5.91 Å². The average Bonchev–Trinajstić information content (AvgIpc) is 2.86. The number of aldehydes is 2. The van der Waals surface area contributed by atoms with Crippen molar-refractivity contribution in [1.82, 2.24) is 10.2 Å². The van der Waals surface area contributed by atoms with Gasteiger partial charge in [0, 0.05) is 19.2 Å². The minimum Gasteiger partial charge on any atom is -0.464 e. The van der Waals surface area contributed by atoms with Gasteiger partial charge < -0.3 is 19.6 Å². The van der Waals surface area contributed by atoms with Crippen LogP contribution in [0.4, 0.5) is 4.79 Å². The van der Waals surface area contributed by atoms with Gasteiger partial charge in [-0.3, -0.25) is 14.5 Å². The quantitative estimate of drug-likeness (QED) is 0.248. The van der Waals surface area contributed by atoms with Gasteiger partial charge in [0.2, 0.25) is 0 Å². The highest BCUT2D eigenvalue weighted by Crippen LogP contribution is 2.11. The minimum absolute atomic E-state index is 0.0283. The Hall–Kier alpha value is -3.79. The van der Waals surface area contributed by atoms with E-state index in [-0.39, 0.29) is 37.4 Å². The number of rotatable bonds is 13. The SMILES string of the molecule is C[Si](C)(C)CCOC(=O)[C@H](CN(CC=O)C(=O)OCc1ccccc1)NC(=O)c1ccccc1C=O. The Kier molecular flexibility index (Phi) is 11.0. The maximum absolute atomic E-state index is 12.9. The fourth-order valence-electron chi connectivity index (χ4n) is 3.12. The third-order valence-corrected chi connectivity index (χ3v) is 6.88. The molecule has 1 atom stereocenters. The van der Waals surface area contributed by atoms with E-state index in [0.29, 0.717) is 18.6 Å². The largest absolute Gasteiger partial charge is 0.464 e. The highest BCUT2D eigenvalue weighted by molar-refractivity contribution is 6.76. The van der Waals surface area contributed by atoms with Crippen molar-refractivity contribution in [2.75, 3.05) is 19.7 Å². The zero-order chi connectivity index (χ0) is 26.6. The van der Waals surface area contributed by atoms with Crippen LogP contribution in [0.25, 0.3) is 0 Å². The highest BCUT2D eigenvalue weighted by atomic mass is 28.3. The van der Waals surface area contributed by atoms with Gasteiger partial charge in [0.15, 0.2) is 6.29 Å². The number of hydrogen-bond donors (Lipinski definition) is 1. The Labute approximate surface area is 211 Å². The summed E-state index contributed by atoms with van der Waals surface area (Å²) in [7, 11) is -1.50. The second-order valence-corrected chi connectivity index (χ2v) is 14.9. The molecular weight excluding hydrogens is 480 g/mol. The maximum Gasteiger partial charge on any atom is 0.410 e. The van der Waals surface area contributed by atoms with Gasteiger partial charge in [0.1, 0.15) is 18.9 Å². The lowest BCUT2D eigenvalue weighted by molar-refractivity contribution is -0.145. The van der Waals surface area contributed by atoms with Gasteiger partial charge in [-0.1, -0.05) is 68.2 Å². The molecular formula is C26H32N2O7Si. The molecule has 0 aromatic heterocycles. The van der Waals surface area contributed by atoms with Crippen LogP contribution in [0.15, 0.2) is 54.6 Å². The molecule has 1 N–H and O–H groups in total. The predicted molar refractivity (Wildman–Crippen MR) is 136 cm³/mol. The van der Waals surface area contributed by atoms with E-state index in [1.807, 2.05) is 6.07 Å². The number of ether oxygens (including phenoxy) is 2. The summed E-state index contributed by atoms with van der Waals surface area (Å²) in [4.78, 5) is 62.2. The molecule has 2 aromatic rings. The van der Waals surface area contributed by atoms with E-state index in [4.69, 9.17) is 9.47 Å². The highest BCUT2D eigenvalue weighted by Gasteiger charge is 2.29. The molecule has 2 amide bonds. The molecule has 0 bridgehead atoms. The monoisotopic (exact) mass is 512 g/mol. The number of hydrogen-bond acceptors (Lipinski definition) is 7. The average molecular weight is 513 g/mol. The van der Waals surface area contributed by atoms with Crippen LogP contribution in [0.3, 0.4) is 0 Å². The van der Waals surface area contributed by atoms with Crippen LogP contribution in [0.2, 0.25) is 25.7 Å². The van der Waals surface area contributed by atoms with Gasteiger partial charge in [-0.2, -0.15) is 0 Å². The van der Waals surface area contributed by atoms with Crippen LogP contribution >= 0.6 is 0 Å². The van der Waals surface area contributed by atoms with Crippen molar-refractivity contribution < 1.29 is 33.4 Å². The van der Waals surface area contributed by atoms with E-state index in [9.17, 15) is 24.0 Å². The first-order valence-corrected chi connectivity index (χ1v) is 15.3. The molecule has 0 spiro atoms. The summed E-state index contributed by atoms with van der Waals surface area (Å²) in [6, 6.07) is 14.5. The number of amides is 2. The van der Waals surface area contributed by atoms with Gasteiger partial charge in [0.05, 0.1) is 19.7 Å². The van der Waals surface area contributed by atoms with E-state index >= 15 is 0 Å². The lowest BCUT2D eigenvalue weighted by Gasteiger charge is -2.26. The van der Waals surface area contributed by atoms with Crippen molar-refractivity contribution in [2.45, 2.75) is 38.3 Å². The summed E-state index contributed by atoms with van der Waals surface area (Å²) < 4.78 is 10.7. The third-order valence-electron chi connectivity index (χ3n) is 5.18. The Balaban J connectivity index is 2.18. The van der Waals surface area contributed by atoms with Crippen LogP contribution in [0.1, 0.15) is 26.3 Å². The summed E-state index contributed by atoms with van der Waals surface area (Å²) in [5, 5.41) is 2.55. The molecule has 0 saturated carbocycles. The second-order valence-electron chi connectivity index (χ2n) is 9.32. The summed E-state index contributed by atoms with van der Waals surface area (Å²) >= 11 is 0. The van der Waals surface area contributed by atoms with E-state index < -0.39 is 32.1 Å². The molecule has 10 heteroatoms. The van der Waals surface area contributed by atoms with Crippen LogP contribution in [-0.4, -0.2) is 69.3 Å². The molecule has 0 radical (unpaired) electrons. The first kappa shape index (κ1) is 28.4. The fourth-order valence-corrected chi connectivity index (χ4v) is 3.84. The van der Waals surface area contributed by atoms with E-state index in [0.717, 1.165) is 10.5 Å². The van der Waals surface area contributed by atoms with Crippen molar-refractivity contribution in [3.63, 3.8) is 0 Å². The molecule has 0 unspecified atom stereocenters. The summed E-state index contributed by atoms with van der Waals surface area (Å²) in [6.07, 6.45) is 0.213. The van der Waals surface area contributed by atoms with Crippen molar-refractivity contribution in [3.8, 4) is 0 Å². The summed E-state index contributed by atoms with van der Waals surface area (Å²) in [5.41, 5.74) is 0.965. The molecule has 0 heterocycles. The first-order valence-electron chi connectivity index (χ1n) is 11.6. The normalized spacial score (nSPS) is 11.6. The second kappa shape index (κ2) is 13.9. The van der Waals surface area contributed by atoms with Crippen molar-refractivity contribution in [2.24, 2.45) is 0 Å². The van der Waals surface area contributed by atoms with Crippen molar-refractivity contribution in [1.29, 1.82) is 0 Å². The number of nitrogens with zero attached hydrogens (tertiary/aromatic N) is 1. The van der Waals surface area contributed by atoms with Gasteiger partial charge >= 0.3 is 12.1 Å². The Morgan fingerprint density at radius 1 is 0.972 bits per heavy atom. The van der Waals surface area contributed by atoms with Gasteiger partial charge in [-0.05, 0) is 17.7 Å². The molecule has 0 aliphatic rings. The standard InChI is InChI=1S/C26H32N2O7Si/c1-36(2,3)16-15-34-25(32)23(27-24(31)22-12-8-7-11-21(22)18-30)17-28(13-14-29)26(33)35-19-20-9-5-4-6-10-20/h4-12,14,18,23H,13,15-17,19H2,1-3H3,(H,27,31)/t23-/m0/s1. The minimum atomic E-state index is -1.50. The van der Waals surface area contributed by atoms with E-state index in [1.54, 1.807) is 36.4 Å². The number of carbonyl (C=O) groups is 5. The predicted octanol–water partition coefficient (Wildman–Crippen LogP) is 3.32. The Morgan fingerprint density at radius 3 is 2.28 bits per heavy atom. The van der Waals surface area contributed by atoms with Crippen LogP contribution in [0.5, 0.6) is 0 Å². The molecule has 2 rings (SSSR count). The first-order chi connectivity index (χ1) is 17.1.